The summed E-state index contributed by atoms with van der Waals surface area (Å²) >= 11 is 1.59. The van der Waals surface area contributed by atoms with Gasteiger partial charge in [-0.25, -0.2) is 9.97 Å². The Balaban J connectivity index is 2.05. The van der Waals surface area contributed by atoms with Crippen LogP contribution in [-0.4, -0.2) is 28.8 Å². The molecule has 1 aromatic heterocycles. The van der Waals surface area contributed by atoms with Crippen molar-refractivity contribution < 1.29 is 0 Å². The van der Waals surface area contributed by atoms with Gasteiger partial charge in [0.25, 0.3) is 0 Å². The lowest BCUT2D eigenvalue weighted by Gasteiger charge is -2.18. The van der Waals surface area contributed by atoms with Gasteiger partial charge in [0.05, 0.1) is 0 Å². The summed E-state index contributed by atoms with van der Waals surface area (Å²) in [5.41, 5.74) is 0. The van der Waals surface area contributed by atoms with Gasteiger partial charge in [0.1, 0.15) is 11.6 Å². The maximum Gasteiger partial charge on any atom is 0.191 e. The Bertz CT molecular complexity index is 424. The van der Waals surface area contributed by atoms with E-state index < -0.39 is 0 Å². The summed E-state index contributed by atoms with van der Waals surface area (Å²) < 4.78 is 0. The van der Waals surface area contributed by atoms with Gasteiger partial charge in [0.2, 0.25) is 0 Å². The van der Waals surface area contributed by atoms with Gasteiger partial charge < -0.3 is 10.6 Å². The highest BCUT2D eigenvalue weighted by Gasteiger charge is 2.16. The van der Waals surface area contributed by atoms with Crippen molar-refractivity contribution in [2.45, 2.75) is 57.1 Å². The van der Waals surface area contributed by atoms with Gasteiger partial charge >= 0.3 is 0 Å². The highest BCUT2D eigenvalue weighted by molar-refractivity contribution is 7.98. The second-order valence-corrected chi connectivity index (χ2v) is 6.38. The van der Waals surface area contributed by atoms with Crippen molar-refractivity contribution in [3.8, 4) is 0 Å². The molecular formula is C15H26N4S. The van der Waals surface area contributed by atoms with E-state index in [1.54, 1.807) is 11.8 Å². The Labute approximate surface area is 126 Å². The fourth-order valence-corrected chi connectivity index (χ4v) is 3.08. The Morgan fingerprint density at radius 2 is 2.00 bits per heavy atom. The molecule has 2 rings (SSSR count). The second kappa shape index (κ2) is 7.72. The molecule has 1 saturated carbocycles. The van der Waals surface area contributed by atoms with Gasteiger partial charge in [0, 0.05) is 18.7 Å². The monoisotopic (exact) mass is 294 g/mol. The van der Waals surface area contributed by atoms with Crippen LogP contribution in [0.5, 0.6) is 0 Å². The third kappa shape index (κ3) is 4.54. The molecule has 1 aliphatic carbocycles. The predicted octanol–water partition coefficient (Wildman–Crippen LogP) is 4.01. The maximum atomic E-state index is 4.58. The number of anilines is 2. The number of hydrogen-bond donors (Lipinski definition) is 2. The minimum atomic E-state index is 0.555. The molecule has 0 saturated heterocycles. The van der Waals surface area contributed by atoms with Crippen molar-refractivity contribution in [3.05, 3.63) is 6.07 Å². The van der Waals surface area contributed by atoms with Gasteiger partial charge in [-0.3, -0.25) is 0 Å². The van der Waals surface area contributed by atoms with E-state index in [1.165, 1.54) is 32.1 Å². The molecule has 1 heterocycles. The van der Waals surface area contributed by atoms with Crippen LogP contribution in [0.4, 0.5) is 11.6 Å². The van der Waals surface area contributed by atoms with Crippen molar-refractivity contribution >= 4 is 23.4 Å². The molecule has 0 amide bonds. The van der Waals surface area contributed by atoms with Crippen LogP contribution in [0.3, 0.4) is 0 Å². The van der Waals surface area contributed by atoms with Gasteiger partial charge in [-0.15, -0.1) is 0 Å². The number of thioether (sulfide) groups is 1. The quantitative estimate of drug-likeness (QED) is 0.488. The third-order valence-corrected chi connectivity index (χ3v) is 4.40. The molecule has 2 unspecified atom stereocenters. The summed E-state index contributed by atoms with van der Waals surface area (Å²) in [6, 6.07) is 2.58. The second-order valence-electron chi connectivity index (χ2n) is 5.61. The summed E-state index contributed by atoms with van der Waals surface area (Å²) in [4.78, 5) is 9.04. The Morgan fingerprint density at radius 3 is 2.75 bits per heavy atom. The number of nitrogens with zero attached hydrogens (tertiary/aromatic N) is 2. The van der Waals surface area contributed by atoms with E-state index in [0.717, 1.165) is 29.3 Å². The van der Waals surface area contributed by atoms with Crippen LogP contribution in [0, 0.1) is 5.92 Å². The topological polar surface area (TPSA) is 49.8 Å². The van der Waals surface area contributed by atoms with E-state index in [2.05, 4.69) is 34.4 Å². The standard InChI is InChI=1S/C15H26N4S/c1-4-16-13-10-14(19-15(18-13)20-3)17-12-7-5-6-11(2)8-9-12/h10-12H,4-9H2,1-3H3,(H2,16,17,18,19). The first kappa shape index (κ1) is 15.4. The van der Waals surface area contributed by atoms with Crippen LogP contribution in [0.15, 0.2) is 11.2 Å². The lowest BCUT2D eigenvalue weighted by molar-refractivity contribution is 0.501. The smallest absolute Gasteiger partial charge is 0.191 e. The van der Waals surface area contributed by atoms with Crippen molar-refractivity contribution in [1.82, 2.24) is 9.97 Å². The third-order valence-electron chi connectivity index (χ3n) is 3.86. The largest absolute Gasteiger partial charge is 0.370 e. The molecule has 4 nitrogen and oxygen atoms in total. The summed E-state index contributed by atoms with van der Waals surface area (Å²) in [7, 11) is 0. The van der Waals surface area contributed by atoms with E-state index in [0.29, 0.717) is 6.04 Å². The normalized spacial score (nSPS) is 23.1. The molecule has 5 heteroatoms. The van der Waals surface area contributed by atoms with Crippen molar-refractivity contribution in [1.29, 1.82) is 0 Å². The van der Waals surface area contributed by atoms with Crippen LogP contribution < -0.4 is 10.6 Å². The van der Waals surface area contributed by atoms with Gasteiger partial charge in [-0.2, -0.15) is 0 Å². The maximum absolute atomic E-state index is 4.58. The molecule has 1 aliphatic rings. The van der Waals surface area contributed by atoms with Crippen LogP contribution in [-0.2, 0) is 0 Å². The summed E-state index contributed by atoms with van der Waals surface area (Å²) in [6.07, 6.45) is 8.51. The Hall–Kier alpha value is -0.970. The molecule has 112 valence electrons. The van der Waals surface area contributed by atoms with E-state index >= 15 is 0 Å². The summed E-state index contributed by atoms with van der Waals surface area (Å²) in [6.45, 7) is 5.33. The molecule has 2 atom stereocenters. The Kier molecular flexibility index (Phi) is 5.95. The van der Waals surface area contributed by atoms with Crippen molar-refractivity contribution in [2.24, 2.45) is 5.92 Å². The van der Waals surface area contributed by atoms with E-state index in [-0.39, 0.29) is 0 Å². The lowest BCUT2D eigenvalue weighted by atomic mass is 10.0. The summed E-state index contributed by atoms with van der Waals surface area (Å²) in [5, 5.41) is 7.71. The number of nitrogens with one attached hydrogen (secondary N) is 2. The molecule has 1 aromatic rings. The number of hydrogen-bond acceptors (Lipinski definition) is 5. The van der Waals surface area contributed by atoms with Crippen LogP contribution in [0.25, 0.3) is 0 Å². The zero-order chi connectivity index (χ0) is 14.4. The molecular weight excluding hydrogens is 268 g/mol. The van der Waals surface area contributed by atoms with E-state index in [9.17, 15) is 0 Å². The van der Waals surface area contributed by atoms with Crippen molar-refractivity contribution in [2.75, 3.05) is 23.4 Å². The fourth-order valence-electron chi connectivity index (χ4n) is 2.70. The first-order valence-electron chi connectivity index (χ1n) is 7.64. The molecule has 1 fully saturated rings. The van der Waals surface area contributed by atoms with E-state index in [4.69, 9.17) is 0 Å². The number of rotatable bonds is 5. The SMILES string of the molecule is CCNc1cc(NC2CCCC(C)CC2)nc(SC)n1. The average molecular weight is 294 g/mol. The number of aromatic nitrogens is 2. The minimum Gasteiger partial charge on any atom is -0.370 e. The molecule has 0 spiro atoms. The first-order chi connectivity index (χ1) is 9.71. The molecule has 0 radical (unpaired) electrons. The van der Waals surface area contributed by atoms with E-state index in [1.807, 2.05) is 12.3 Å². The first-order valence-corrected chi connectivity index (χ1v) is 8.87. The predicted molar refractivity (Wildman–Crippen MR) is 87.6 cm³/mol. The highest BCUT2D eigenvalue weighted by atomic mass is 32.2. The van der Waals surface area contributed by atoms with Crippen molar-refractivity contribution in [3.63, 3.8) is 0 Å². The Morgan fingerprint density at radius 1 is 1.20 bits per heavy atom. The molecule has 0 aromatic carbocycles. The minimum absolute atomic E-state index is 0.555. The van der Waals surface area contributed by atoms with Crippen LogP contribution in [0.1, 0.15) is 46.0 Å². The van der Waals surface area contributed by atoms with Crippen LogP contribution in [0.2, 0.25) is 0 Å². The van der Waals surface area contributed by atoms with Crippen LogP contribution >= 0.6 is 11.8 Å². The zero-order valence-electron chi connectivity index (χ0n) is 12.8. The molecule has 0 aliphatic heterocycles. The van der Waals surface area contributed by atoms with Gasteiger partial charge in [-0.05, 0) is 38.4 Å². The molecule has 0 bridgehead atoms. The van der Waals surface area contributed by atoms with Gasteiger partial charge in [0.15, 0.2) is 5.16 Å². The molecule has 2 N–H and O–H groups in total. The lowest BCUT2D eigenvalue weighted by Crippen LogP contribution is -2.19. The summed E-state index contributed by atoms with van der Waals surface area (Å²) in [5.74, 6) is 2.74. The average Bonchev–Trinajstić information content (AvgIpc) is 2.64. The fraction of sp³-hybridized carbons (Fsp3) is 0.733. The highest BCUT2D eigenvalue weighted by Crippen LogP contribution is 2.25. The van der Waals surface area contributed by atoms with Gasteiger partial charge in [-0.1, -0.05) is 31.5 Å². The zero-order valence-corrected chi connectivity index (χ0v) is 13.6. The molecule has 20 heavy (non-hydrogen) atoms.